The summed E-state index contributed by atoms with van der Waals surface area (Å²) < 4.78 is 5.25. The van der Waals surface area contributed by atoms with Gasteiger partial charge in [0.15, 0.2) is 11.5 Å². The fraction of sp³-hybridized carbons (Fsp3) is 0.667. The Bertz CT molecular complexity index is 470. The molecule has 0 aliphatic heterocycles. The minimum Gasteiger partial charge on any atom is -0.504 e. The summed E-state index contributed by atoms with van der Waals surface area (Å²) in [5, 5.41) is 19.8. The van der Waals surface area contributed by atoms with Gasteiger partial charge in [0, 0.05) is 0 Å². The Morgan fingerprint density at radius 3 is 2.81 bits per heavy atom. The van der Waals surface area contributed by atoms with E-state index in [1.165, 1.54) is 24.0 Å². The van der Waals surface area contributed by atoms with E-state index in [2.05, 4.69) is 6.92 Å². The number of hydrogen-bond acceptors (Lipinski definition) is 3. The second-order valence-electron chi connectivity index (χ2n) is 6.34. The molecule has 2 rings (SSSR count). The van der Waals surface area contributed by atoms with Crippen LogP contribution in [0.4, 0.5) is 0 Å². The Labute approximate surface area is 128 Å². The molecule has 0 spiro atoms. The Balaban J connectivity index is 2.10. The van der Waals surface area contributed by atoms with Gasteiger partial charge in [-0.05, 0) is 73.6 Å². The lowest BCUT2D eigenvalue weighted by Gasteiger charge is -2.28. The lowest BCUT2D eigenvalue weighted by atomic mass is 9.78. The Kier molecular flexibility index (Phi) is 5.51. The number of ether oxygens (including phenoxy) is 1. The number of aliphatic hydroxyl groups is 1. The van der Waals surface area contributed by atoms with E-state index in [0.29, 0.717) is 17.6 Å². The first-order valence-electron chi connectivity index (χ1n) is 8.14. The average molecular weight is 292 g/mol. The zero-order chi connectivity index (χ0) is 15.4. The molecule has 0 radical (unpaired) electrons. The second-order valence-corrected chi connectivity index (χ2v) is 6.34. The van der Waals surface area contributed by atoms with Crippen LogP contribution in [0.1, 0.15) is 63.0 Å². The molecule has 0 amide bonds. The minimum absolute atomic E-state index is 0.192. The fourth-order valence-electron chi connectivity index (χ4n) is 3.44. The highest BCUT2D eigenvalue weighted by atomic mass is 16.5. The van der Waals surface area contributed by atoms with Gasteiger partial charge in [0.2, 0.25) is 0 Å². The van der Waals surface area contributed by atoms with Crippen molar-refractivity contribution in [1.29, 1.82) is 0 Å². The van der Waals surface area contributed by atoms with Gasteiger partial charge < -0.3 is 14.9 Å². The lowest BCUT2D eigenvalue weighted by Crippen LogP contribution is -2.18. The van der Waals surface area contributed by atoms with Gasteiger partial charge in [-0.2, -0.15) is 0 Å². The van der Waals surface area contributed by atoms with Crippen molar-refractivity contribution < 1.29 is 14.9 Å². The Hall–Kier alpha value is -1.22. The predicted molar refractivity (Wildman–Crippen MR) is 85.0 cm³/mol. The molecular formula is C18H28O3. The molecule has 1 aromatic rings. The standard InChI is InChI=1S/C18H28O3/c1-4-16(19)12(2)8-9-13-6-5-7-14-10-17(20)18(21-3)11-15(13)14/h10-13,16,19-20H,4-9H2,1-3H3. The first-order chi connectivity index (χ1) is 10.1. The van der Waals surface area contributed by atoms with Crippen LogP contribution in [0.5, 0.6) is 11.5 Å². The smallest absolute Gasteiger partial charge is 0.160 e. The number of phenols is 1. The molecule has 0 aromatic heterocycles. The molecule has 0 bridgehead atoms. The van der Waals surface area contributed by atoms with Crippen LogP contribution in [0, 0.1) is 5.92 Å². The highest BCUT2D eigenvalue weighted by molar-refractivity contribution is 5.48. The van der Waals surface area contributed by atoms with Gasteiger partial charge in [-0.15, -0.1) is 0 Å². The van der Waals surface area contributed by atoms with Gasteiger partial charge in [0.05, 0.1) is 13.2 Å². The number of rotatable bonds is 6. The summed E-state index contributed by atoms with van der Waals surface area (Å²) in [4.78, 5) is 0. The molecule has 1 aromatic carbocycles. The van der Waals surface area contributed by atoms with Crippen molar-refractivity contribution in [2.24, 2.45) is 5.92 Å². The van der Waals surface area contributed by atoms with Crippen LogP contribution < -0.4 is 4.74 Å². The number of phenolic OH excluding ortho intramolecular Hbond substituents is 1. The van der Waals surface area contributed by atoms with Crippen molar-refractivity contribution in [1.82, 2.24) is 0 Å². The molecule has 2 N–H and O–H groups in total. The molecule has 21 heavy (non-hydrogen) atoms. The summed E-state index contributed by atoms with van der Waals surface area (Å²) in [6.45, 7) is 4.17. The van der Waals surface area contributed by atoms with E-state index in [9.17, 15) is 10.2 Å². The van der Waals surface area contributed by atoms with Crippen LogP contribution in [0.3, 0.4) is 0 Å². The van der Waals surface area contributed by atoms with Crippen molar-refractivity contribution in [2.45, 2.75) is 64.4 Å². The molecule has 3 unspecified atom stereocenters. The topological polar surface area (TPSA) is 49.7 Å². The molecular weight excluding hydrogens is 264 g/mol. The molecule has 0 fully saturated rings. The second kappa shape index (κ2) is 7.17. The molecule has 3 nitrogen and oxygen atoms in total. The Morgan fingerprint density at radius 2 is 2.14 bits per heavy atom. The SMILES string of the molecule is CCC(O)C(C)CCC1CCCc2cc(O)c(OC)cc21. The van der Waals surface area contributed by atoms with Crippen LogP contribution >= 0.6 is 0 Å². The van der Waals surface area contributed by atoms with Gasteiger partial charge in [-0.1, -0.05) is 13.8 Å². The summed E-state index contributed by atoms with van der Waals surface area (Å²) in [5.74, 6) is 1.68. The van der Waals surface area contributed by atoms with Crippen LogP contribution in [-0.4, -0.2) is 23.4 Å². The van der Waals surface area contributed by atoms with E-state index in [0.717, 1.165) is 25.7 Å². The van der Waals surface area contributed by atoms with E-state index in [4.69, 9.17) is 4.74 Å². The number of aliphatic hydroxyl groups excluding tert-OH is 1. The number of benzene rings is 1. The van der Waals surface area contributed by atoms with Gasteiger partial charge in [-0.3, -0.25) is 0 Å². The minimum atomic E-state index is -0.192. The van der Waals surface area contributed by atoms with E-state index in [-0.39, 0.29) is 11.9 Å². The van der Waals surface area contributed by atoms with E-state index < -0.39 is 0 Å². The quantitative estimate of drug-likeness (QED) is 0.833. The van der Waals surface area contributed by atoms with Crippen molar-refractivity contribution >= 4 is 0 Å². The number of aryl methyl sites for hydroxylation is 1. The molecule has 1 aliphatic rings. The number of methoxy groups -OCH3 is 1. The molecule has 1 aliphatic carbocycles. The zero-order valence-electron chi connectivity index (χ0n) is 13.4. The van der Waals surface area contributed by atoms with E-state index in [1.807, 2.05) is 19.1 Å². The fourth-order valence-corrected chi connectivity index (χ4v) is 3.44. The molecule has 3 atom stereocenters. The van der Waals surface area contributed by atoms with E-state index >= 15 is 0 Å². The lowest BCUT2D eigenvalue weighted by molar-refractivity contribution is 0.105. The highest BCUT2D eigenvalue weighted by Gasteiger charge is 2.23. The third-order valence-electron chi connectivity index (χ3n) is 4.92. The summed E-state index contributed by atoms with van der Waals surface area (Å²) in [7, 11) is 1.60. The van der Waals surface area contributed by atoms with E-state index in [1.54, 1.807) is 7.11 Å². The normalized spacial score (nSPS) is 20.7. The third kappa shape index (κ3) is 3.70. The monoisotopic (exact) mass is 292 g/mol. The molecule has 118 valence electrons. The molecule has 0 saturated heterocycles. The number of hydrogen-bond donors (Lipinski definition) is 2. The van der Waals surface area contributed by atoms with Crippen LogP contribution in [0.15, 0.2) is 12.1 Å². The van der Waals surface area contributed by atoms with Gasteiger partial charge in [0.25, 0.3) is 0 Å². The summed E-state index contributed by atoms with van der Waals surface area (Å²) in [6, 6.07) is 3.88. The maximum atomic E-state index is 9.92. The summed E-state index contributed by atoms with van der Waals surface area (Å²) in [6.07, 6.45) is 6.17. The first kappa shape index (κ1) is 16.2. The average Bonchev–Trinajstić information content (AvgIpc) is 2.50. The van der Waals surface area contributed by atoms with Gasteiger partial charge in [-0.25, -0.2) is 0 Å². The summed E-state index contributed by atoms with van der Waals surface area (Å²) >= 11 is 0. The van der Waals surface area contributed by atoms with Crippen LogP contribution in [0.2, 0.25) is 0 Å². The number of fused-ring (bicyclic) bond motifs is 1. The van der Waals surface area contributed by atoms with Crippen molar-refractivity contribution in [3.05, 3.63) is 23.3 Å². The maximum absolute atomic E-state index is 9.92. The van der Waals surface area contributed by atoms with Crippen LogP contribution in [-0.2, 0) is 6.42 Å². The van der Waals surface area contributed by atoms with Gasteiger partial charge in [0.1, 0.15) is 0 Å². The van der Waals surface area contributed by atoms with Gasteiger partial charge >= 0.3 is 0 Å². The first-order valence-corrected chi connectivity index (χ1v) is 8.14. The van der Waals surface area contributed by atoms with Crippen molar-refractivity contribution in [3.63, 3.8) is 0 Å². The van der Waals surface area contributed by atoms with Crippen LogP contribution in [0.25, 0.3) is 0 Å². The van der Waals surface area contributed by atoms with Crippen molar-refractivity contribution in [3.8, 4) is 11.5 Å². The predicted octanol–water partition coefficient (Wildman–Crippen LogP) is 4.01. The number of aromatic hydroxyl groups is 1. The summed E-state index contributed by atoms with van der Waals surface area (Å²) in [5.41, 5.74) is 2.59. The highest BCUT2D eigenvalue weighted by Crippen LogP contribution is 2.41. The molecule has 0 saturated carbocycles. The molecule has 3 heteroatoms. The maximum Gasteiger partial charge on any atom is 0.160 e. The zero-order valence-corrected chi connectivity index (χ0v) is 13.4. The Morgan fingerprint density at radius 1 is 1.38 bits per heavy atom. The largest absolute Gasteiger partial charge is 0.504 e. The molecule has 0 heterocycles. The third-order valence-corrected chi connectivity index (χ3v) is 4.92. The van der Waals surface area contributed by atoms with Crippen molar-refractivity contribution in [2.75, 3.05) is 7.11 Å².